The van der Waals surface area contributed by atoms with Crippen molar-refractivity contribution in [1.82, 2.24) is 19.7 Å². The van der Waals surface area contributed by atoms with Crippen LogP contribution in [0.25, 0.3) is 0 Å². The fraction of sp³-hybridized carbons (Fsp3) is 0.500. The summed E-state index contributed by atoms with van der Waals surface area (Å²) in [5.41, 5.74) is 1.15. The Bertz CT molecular complexity index is 677. The van der Waals surface area contributed by atoms with Crippen molar-refractivity contribution in [2.45, 2.75) is 39.0 Å². The summed E-state index contributed by atoms with van der Waals surface area (Å²) in [5.74, 6) is 0.516. The molecule has 0 unspecified atom stereocenters. The van der Waals surface area contributed by atoms with Gasteiger partial charge < -0.3 is 9.47 Å². The van der Waals surface area contributed by atoms with Gasteiger partial charge in [0.15, 0.2) is 5.82 Å². The predicted octanol–water partition coefficient (Wildman–Crippen LogP) is 2.84. The van der Waals surface area contributed by atoms with Gasteiger partial charge in [-0.05, 0) is 23.6 Å². The molecule has 0 aromatic carbocycles. The lowest BCUT2D eigenvalue weighted by Gasteiger charge is -2.29. The quantitative estimate of drug-likeness (QED) is 0.855. The highest BCUT2D eigenvalue weighted by molar-refractivity contribution is 5.42. The lowest BCUT2D eigenvalue weighted by Crippen LogP contribution is -2.35. The van der Waals surface area contributed by atoms with Crippen LogP contribution in [0.3, 0.4) is 0 Å². The molecule has 5 nitrogen and oxygen atoms in total. The lowest BCUT2D eigenvalue weighted by atomic mass is 10.1. The summed E-state index contributed by atoms with van der Waals surface area (Å²) >= 11 is 0. The molecule has 22 heavy (non-hydrogen) atoms. The van der Waals surface area contributed by atoms with Gasteiger partial charge in [-0.15, -0.1) is 10.2 Å². The molecule has 3 heterocycles. The number of hydrogen-bond acceptors (Lipinski definition) is 4. The number of aromatic nitrogens is 4. The van der Waals surface area contributed by atoms with E-state index in [1.54, 1.807) is 6.20 Å². The summed E-state index contributed by atoms with van der Waals surface area (Å²) in [4.78, 5) is 6.25. The Morgan fingerprint density at radius 1 is 1.18 bits per heavy atom. The average molecular weight is 311 g/mol. The molecule has 8 heteroatoms. The van der Waals surface area contributed by atoms with Gasteiger partial charge in [0.2, 0.25) is 5.82 Å². The molecule has 0 atom stereocenters. The molecule has 2 aromatic heterocycles. The molecule has 118 valence electrons. The van der Waals surface area contributed by atoms with Crippen LogP contribution in [0, 0.1) is 0 Å². The fourth-order valence-corrected chi connectivity index (χ4v) is 2.53. The largest absolute Gasteiger partial charge is 0.451 e. The zero-order chi connectivity index (χ0) is 15.9. The van der Waals surface area contributed by atoms with Gasteiger partial charge in [0.1, 0.15) is 5.82 Å². The van der Waals surface area contributed by atoms with Crippen molar-refractivity contribution >= 4 is 5.82 Å². The summed E-state index contributed by atoms with van der Waals surface area (Å²) in [6.45, 7) is 5.09. The Labute approximate surface area is 125 Å². The maximum Gasteiger partial charge on any atom is 0.451 e. The average Bonchev–Trinajstić information content (AvgIpc) is 2.90. The van der Waals surface area contributed by atoms with Crippen LogP contribution in [-0.2, 0) is 19.3 Å². The van der Waals surface area contributed by atoms with Gasteiger partial charge in [0.25, 0.3) is 0 Å². The van der Waals surface area contributed by atoms with Gasteiger partial charge in [-0.3, -0.25) is 0 Å². The molecule has 0 radical (unpaired) electrons. The highest BCUT2D eigenvalue weighted by Gasteiger charge is 2.39. The Morgan fingerprint density at radius 3 is 2.64 bits per heavy atom. The van der Waals surface area contributed by atoms with Gasteiger partial charge in [0.05, 0.1) is 6.54 Å². The van der Waals surface area contributed by atoms with E-state index in [9.17, 15) is 13.2 Å². The number of hydrogen-bond donors (Lipinski definition) is 0. The molecule has 0 amide bonds. The summed E-state index contributed by atoms with van der Waals surface area (Å²) < 4.78 is 39.6. The van der Waals surface area contributed by atoms with Gasteiger partial charge in [-0.25, -0.2) is 4.98 Å². The minimum Gasteiger partial charge on any atom is -0.347 e. The second-order valence-electron chi connectivity index (χ2n) is 5.61. The van der Waals surface area contributed by atoms with Crippen LogP contribution in [0.15, 0.2) is 18.3 Å². The van der Waals surface area contributed by atoms with Crippen molar-refractivity contribution in [3.05, 3.63) is 35.5 Å². The summed E-state index contributed by atoms with van der Waals surface area (Å²) in [5, 5.41) is 6.96. The fourth-order valence-electron chi connectivity index (χ4n) is 2.53. The topological polar surface area (TPSA) is 46.8 Å². The zero-order valence-electron chi connectivity index (χ0n) is 12.3. The molecule has 1 aliphatic rings. The molecule has 0 saturated heterocycles. The standard InChI is InChI=1S/C14H16F3N5/c1-9(2)10-3-4-18-11(7-10)21-5-6-22-12(8-21)19-20-13(22)14(15,16)17/h3-4,7,9H,5-6,8H2,1-2H3. The van der Waals surface area contributed by atoms with Gasteiger partial charge in [0, 0.05) is 19.3 Å². The number of nitrogens with zero attached hydrogens (tertiary/aromatic N) is 5. The first kappa shape index (κ1) is 14.8. The molecular formula is C14H16F3N5. The third-order valence-corrected chi connectivity index (χ3v) is 3.77. The Balaban J connectivity index is 1.86. The van der Waals surface area contributed by atoms with Gasteiger partial charge in [-0.2, -0.15) is 13.2 Å². The Hall–Kier alpha value is -2.12. The van der Waals surface area contributed by atoms with Crippen LogP contribution in [0.2, 0.25) is 0 Å². The van der Waals surface area contributed by atoms with Crippen LogP contribution in [0.4, 0.5) is 19.0 Å². The number of fused-ring (bicyclic) bond motifs is 1. The van der Waals surface area contributed by atoms with E-state index in [-0.39, 0.29) is 13.1 Å². The highest BCUT2D eigenvalue weighted by atomic mass is 19.4. The minimum atomic E-state index is -4.47. The summed E-state index contributed by atoms with van der Waals surface area (Å²) in [6, 6.07) is 3.92. The van der Waals surface area contributed by atoms with Crippen LogP contribution >= 0.6 is 0 Å². The van der Waals surface area contributed by atoms with Crippen molar-refractivity contribution in [3.8, 4) is 0 Å². The number of pyridine rings is 1. The monoisotopic (exact) mass is 311 g/mol. The number of alkyl halides is 3. The molecule has 0 N–H and O–H groups in total. The Morgan fingerprint density at radius 2 is 1.95 bits per heavy atom. The Kier molecular flexibility index (Phi) is 3.54. The van der Waals surface area contributed by atoms with E-state index in [0.29, 0.717) is 18.3 Å². The van der Waals surface area contributed by atoms with Crippen molar-refractivity contribution in [1.29, 1.82) is 0 Å². The SMILES string of the molecule is CC(C)c1ccnc(N2CCn3c(nnc3C(F)(F)F)C2)c1. The number of anilines is 1. The van der Waals surface area contributed by atoms with E-state index in [4.69, 9.17) is 0 Å². The van der Waals surface area contributed by atoms with E-state index in [1.165, 1.54) is 0 Å². The van der Waals surface area contributed by atoms with Crippen LogP contribution in [0.5, 0.6) is 0 Å². The van der Waals surface area contributed by atoms with Crippen molar-refractivity contribution in [2.24, 2.45) is 0 Å². The first-order valence-corrected chi connectivity index (χ1v) is 7.06. The van der Waals surface area contributed by atoms with Crippen LogP contribution in [-0.4, -0.2) is 26.3 Å². The van der Waals surface area contributed by atoms with Crippen LogP contribution in [0.1, 0.15) is 37.0 Å². The van der Waals surface area contributed by atoms with Crippen molar-refractivity contribution < 1.29 is 13.2 Å². The number of rotatable bonds is 2. The van der Waals surface area contributed by atoms with E-state index < -0.39 is 12.0 Å². The molecule has 0 aliphatic carbocycles. The third kappa shape index (κ3) is 2.65. The molecule has 0 saturated carbocycles. The van der Waals surface area contributed by atoms with E-state index in [2.05, 4.69) is 29.0 Å². The minimum absolute atomic E-state index is 0.199. The first-order valence-electron chi connectivity index (χ1n) is 7.06. The molecule has 0 spiro atoms. The van der Waals surface area contributed by atoms with E-state index in [0.717, 1.165) is 15.9 Å². The molecule has 0 bridgehead atoms. The first-order chi connectivity index (χ1) is 10.4. The maximum absolute atomic E-state index is 12.8. The van der Waals surface area contributed by atoms with Crippen molar-refractivity contribution in [2.75, 3.05) is 11.4 Å². The number of halogens is 3. The highest BCUT2D eigenvalue weighted by Crippen LogP contribution is 2.30. The molecule has 1 aliphatic heterocycles. The molecule has 3 rings (SSSR count). The van der Waals surface area contributed by atoms with E-state index >= 15 is 0 Å². The summed E-state index contributed by atoms with van der Waals surface area (Å²) in [7, 11) is 0. The normalized spacial score (nSPS) is 15.3. The van der Waals surface area contributed by atoms with Gasteiger partial charge >= 0.3 is 6.18 Å². The molecule has 2 aromatic rings. The zero-order valence-corrected chi connectivity index (χ0v) is 12.3. The second kappa shape index (κ2) is 5.26. The summed E-state index contributed by atoms with van der Waals surface area (Å²) in [6.07, 6.45) is -2.74. The molecule has 0 fully saturated rings. The van der Waals surface area contributed by atoms with Gasteiger partial charge in [-0.1, -0.05) is 13.8 Å². The second-order valence-corrected chi connectivity index (χ2v) is 5.61. The van der Waals surface area contributed by atoms with Crippen LogP contribution < -0.4 is 4.90 Å². The van der Waals surface area contributed by atoms with E-state index in [1.807, 2.05) is 17.0 Å². The molecular weight excluding hydrogens is 295 g/mol. The third-order valence-electron chi connectivity index (χ3n) is 3.77. The lowest BCUT2D eigenvalue weighted by molar-refractivity contribution is -0.147. The smallest absolute Gasteiger partial charge is 0.347 e. The van der Waals surface area contributed by atoms with Crippen molar-refractivity contribution in [3.63, 3.8) is 0 Å². The maximum atomic E-state index is 12.8. The predicted molar refractivity (Wildman–Crippen MR) is 74.4 cm³/mol.